The van der Waals surface area contributed by atoms with Gasteiger partial charge in [0, 0.05) is 62.0 Å². The number of benzene rings is 1. The van der Waals surface area contributed by atoms with Crippen LogP contribution in [-0.2, 0) is 10.0 Å². The Morgan fingerprint density at radius 3 is 2.16 bits per heavy atom. The summed E-state index contributed by atoms with van der Waals surface area (Å²) in [7, 11) is -3.65. The minimum atomic E-state index is -3.65. The Hall–Kier alpha value is -1.88. The first kappa shape index (κ1) is 22.3. The average molecular weight is 480 g/mol. The summed E-state index contributed by atoms with van der Waals surface area (Å²) in [6, 6.07) is 9.04. The molecule has 1 aromatic carbocycles. The molecule has 0 atom stereocenters. The van der Waals surface area contributed by atoms with Gasteiger partial charge in [-0.1, -0.05) is 0 Å². The Kier molecular flexibility index (Phi) is 6.71. The van der Waals surface area contributed by atoms with Crippen molar-refractivity contribution in [3.63, 3.8) is 0 Å². The van der Waals surface area contributed by atoms with Gasteiger partial charge in [-0.2, -0.15) is 16.1 Å². The number of sulfonamides is 1. The highest BCUT2D eigenvalue weighted by molar-refractivity contribution is 7.99. The summed E-state index contributed by atoms with van der Waals surface area (Å²) in [6.07, 6.45) is 0. The minimum absolute atomic E-state index is 0.0342. The second kappa shape index (κ2) is 9.32. The van der Waals surface area contributed by atoms with E-state index in [0.717, 1.165) is 17.2 Å². The van der Waals surface area contributed by atoms with Crippen LogP contribution >= 0.6 is 23.1 Å². The van der Waals surface area contributed by atoms with Gasteiger partial charge in [-0.25, -0.2) is 8.42 Å². The number of Topliss-reactive ketones (excluding diaryl/α,β-unsaturated/α-hetero) is 1. The first-order valence-electron chi connectivity index (χ1n) is 10.2. The number of thioether (sulfide) groups is 1. The molecule has 2 aromatic rings. The van der Waals surface area contributed by atoms with Crippen LogP contribution < -0.4 is 4.90 Å². The molecular weight excluding hydrogens is 454 g/mol. The van der Waals surface area contributed by atoms with E-state index in [4.69, 9.17) is 0 Å². The van der Waals surface area contributed by atoms with Crippen LogP contribution in [0.3, 0.4) is 0 Å². The molecule has 2 fully saturated rings. The predicted molar refractivity (Wildman–Crippen MR) is 125 cm³/mol. The molecule has 7 nitrogen and oxygen atoms in total. The van der Waals surface area contributed by atoms with Crippen molar-refractivity contribution in [3.05, 3.63) is 46.2 Å². The molecule has 1 amide bonds. The Morgan fingerprint density at radius 2 is 1.55 bits per heavy atom. The fraction of sp³-hybridized carbons (Fsp3) is 0.429. The molecule has 0 radical (unpaired) electrons. The van der Waals surface area contributed by atoms with E-state index in [1.54, 1.807) is 35.0 Å². The van der Waals surface area contributed by atoms with Crippen molar-refractivity contribution in [2.75, 3.05) is 55.7 Å². The Balaban J connectivity index is 1.44. The summed E-state index contributed by atoms with van der Waals surface area (Å²) < 4.78 is 27.7. The second-order valence-corrected chi connectivity index (χ2v) is 11.6. The van der Waals surface area contributed by atoms with Crippen molar-refractivity contribution >= 4 is 50.5 Å². The lowest BCUT2D eigenvalue weighted by Gasteiger charge is -2.36. The Morgan fingerprint density at radius 1 is 0.903 bits per heavy atom. The number of hydrogen-bond donors (Lipinski definition) is 0. The van der Waals surface area contributed by atoms with Crippen molar-refractivity contribution in [1.29, 1.82) is 0 Å². The summed E-state index contributed by atoms with van der Waals surface area (Å²) in [4.78, 5) is 29.0. The maximum absolute atomic E-state index is 13.2. The van der Waals surface area contributed by atoms with Gasteiger partial charge in [-0.05, 0) is 42.6 Å². The molecule has 2 aliphatic rings. The lowest BCUT2D eigenvalue weighted by atomic mass is 10.1. The maximum atomic E-state index is 13.2. The molecule has 4 rings (SSSR count). The van der Waals surface area contributed by atoms with E-state index in [1.807, 2.05) is 24.3 Å². The van der Waals surface area contributed by atoms with E-state index in [0.29, 0.717) is 49.7 Å². The molecule has 0 saturated carbocycles. The number of thiophene rings is 1. The smallest absolute Gasteiger partial charge is 0.265 e. The van der Waals surface area contributed by atoms with Crippen LogP contribution in [0.25, 0.3) is 0 Å². The van der Waals surface area contributed by atoms with Gasteiger partial charge in [0.25, 0.3) is 5.91 Å². The molecule has 0 spiro atoms. The fourth-order valence-electron chi connectivity index (χ4n) is 3.80. The van der Waals surface area contributed by atoms with Crippen molar-refractivity contribution < 1.29 is 18.0 Å². The van der Waals surface area contributed by atoms with Crippen LogP contribution in [-0.4, -0.2) is 80.1 Å². The summed E-state index contributed by atoms with van der Waals surface area (Å²) in [5, 5.41) is 1.69. The number of carbonyl (C=O) groups is 2. The number of hydrogen-bond acceptors (Lipinski definition) is 7. The second-order valence-electron chi connectivity index (χ2n) is 7.51. The number of rotatable bonds is 5. The highest BCUT2D eigenvalue weighted by atomic mass is 32.2. The van der Waals surface area contributed by atoms with Crippen LogP contribution in [0.4, 0.5) is 5.69 Å². The van der Waals surface area contributed by atoms with Crippen LogP contribution in [0.15, 0.2) is 40.6 Å². The van der Waals surface area contributed by atoms with Gasteiger partial charge in [-0.3, -0.25) is 9.59 Å². The molecular formula is C21H25N3O4S3. The summed E-state index contributed by atoms with van der Waals surface area (Å²) in [5.41, 5.74) is 1.69. The monoisotopic (exact) mass is 479 g/mol. The average Bonchev–Trinajstić information content (AvgIpc) is 3.30. The van der Waals surface area contributed by atoms with E-state index in [-0.39, 0.29) is 16.6 Å². The molecule has 1 aromatic heterocycles. The van der Waals surface area contributed by atoms with E-state index in [9.17, 15) is 18.0 Å². The number of anilines is 1. The molecule has 31 heavy (non-hydrogen) atoms. The lowest BCUT2D eigenvalue weighted by molar-refractivity contribution is 0.0747. The third-order valence-electron chi connectivity index (χ3n) is 5.62. The van der Waals surface area contributed by atoms with Gasteiger partial charge in [0.2, 0.25) is 10.0 Å². The van der Waals surface area contributed by atoms with E-state index in [2.05, 4.69) is 4.90 Å². The summed E-state index contributed by atoms with van der Waals surface area (Å²) in [5.74, 6) is 1.38. The van der Waals surface area contributed by atoms with E-state index >= 15 is 0 Å². The van der Waals surface area contributed by atoms with Crippen LogP contribution in [0.1, 0.15) is 27.0 Å². The Labute approximate surface area is 191 Å². The van der Waals surface area contributed by atoms with Crippen LogP contribution in [0.2, 0.25) is 0 Å². The molecule has 10 heteroatoms. The molecule has 0 N–H and O–H groups in total. The van der Waals surface area contributed by atoms with Gasteiger partial charge in [0.15, 0.2) is 5.78 Å². The SMILES string of the molecule is CC(=O)c1ccc(N2CCN(C(=O)c3sccc3S(=O)(=O)N3CCSCC3)CC2)cc1. The number of nitrogens with zero attached hydrogens (tertiary/aromatic N) is 3. The van der Waals surface area contributed by atoms with E-state index < -0.39 is 10.0 Å². The molecule has 2 aliphatic heterocycles. The standard InChI is InChI=1S/C21H25N3O4S3/c1-16(25)17-2-4-18(5-3-17)22-7-9-23(10-8-22)21(26)20-19(6-13-30-20)31(27,28)24-11-14-29-15-12-24/h2-6,13H,7-12,14-15H2,1H3. The molecule has 0 aliphatic carbocycles. The maximum Gasteiger partial charge on any atom is 0.265 e. The largest absolute Gasteiger partial charge is 0.368 e. The first-order valence-corrected chi connectivity index (χ1v) is 13.7. The zero-order valence-corrected chi connectivity index (χ0v) is 19.8. The van der Waals surface area contributed by atoms with Gasteiger partial charge in [0.1, 0.15) is 9.77 Å². The first-order chi connectivity index (χ1) is 14.9. The third-order valence-corrected chi connectivity index (χ3v) is 9.53. The zero-order valence-electron chi connectivity index (χ0n) is 17.3. The highest BCUT2D eigenvalue weighted by Gasteiger charge is 2.33. The normalized spacial score (nSPS) is 18.2. The summed E-state index contributed by atoms with van der Waals surface area (Å²) in [6.45, 7) is 4.86. The predicted octanol–water partition coefficient (Wildman–Crippen LogP) is 2.65. The molecule has 166 valence electrons. The quantitative estimate of drug-likeness (QED) is 0.614. The van der Waals surface area contributed by atoms with Crippen LogP contribution in [0.5, 0.6) is 0 Å². The van der Waals surface area contributed by atoms with Gasteiger partial charge >= 0.3 is 0 Å². The number of carbonyl (C=O) groups excluding carboxylic acids is 2. The van der Waals surface area contributed by atoms with Crippen LogP contribution in [0, 0.1) is 0 Å². The van der Waals surface area contributed by atoms with Gasteiger partial charge in [0.05, 0.1) is 0 Å². The topological polar surface area (TPSA) is 78.0 Å². The lowest BCUT2D eigenvalue weighted by Crippen LogP contribution is -2.49. The fourth-order valence-corrected chi connectivity index (χ4v) is 7.74. The number of piperazine rings is 1. The van der Waals surface area contributed by atoms with Crippen molar-refractivity contribution in [3.8, 4) is 0 Å². The molecule has 2 saturated heterocycles. The highest BCUT2D eigenvalue weighted by Crippen LogP contribution is 2.29. The third kappa shape index (κ3) is 4.67. The van der Waals surface area contributed by atoms with Gasteiger partial charge < -0.3 is 9.80 Å². The molecule has 0 unspecified atom stereocenters. The van der Waals surface area contributed by atoms with Gasteiger partial charge in [-0.15, -0.1) is 11.3 Å². The molecule has 0 bridgehead atoms. The van der Waals surface area contributed by atoms with Crippen molar-refractivity contribution in [2.45, 2.75) is 11.8 Å². The number of amides is 1. The number of ketones is 1. The van der Waals surface area contributed by atoms with Crippen molar-refractivity contribution in [2.24, 2.45) is 0 Å². The minimum Gasteiger partial charge on any atom is -0.368 e. The van der Waals surface area contributed by atoms with E-state index in [1.165, 1.54) is 15.6 Å². The summed E-state index contributed by atoms with van der Waals surface area (Å²) >= 11 is 2.94. The van der Waals surface area contributed by atoms with Crippen molar-refractivity contribution in [1.82, 2.24) is 9.21 Å². The molecule has 3 heterocycles. The zero-order chi connectivity index (χ0) is 22.0. The Bertz CT molecular complexity index is 1050.